The lowest BCUT2D eigenvalue weighted by Gasteiger charge is -2.02. The molecular weight excluding hydrogens is 200 g/mol. The maximum atomic E-state index is 11.2. The van der Waals surface area contributed by atoms with Crippen LogP contribution in [0.2, 0.25) is 0 Å². The number of allylic oxidation sites excluding steroid dienone is 1. The number of aliphatic carboxylic acids is 1. The van der Waals surface area contributed by atoms with Gasteiger partial charge in [-0.2, -0.15) is 0 Å². The molecule has 0 aliphatic heterocycles. The van der Waals surface area contributed by atoms with Crippen LogP contribution in [0.3, 0.4) is 0 Å². The van der Waals surface area contributed by atoms with E-state index in [4.69, 9.17) is 9.84 Å². The minimum atomic E-state index is -1.06. The summed E-state index contributed by atoms with van der Waals surface area (Å²) < 4.78 is 5.94. The molecule has 1 aromatic rings. The molecule has 1 N–H and O–H groups in total. The number of hydrogen-bond acceptors (Lipinski definition) is 4. The van der Waals surface area contributed by atoms with Crippen molar-refractivity contribution in [2.24, 2.45) is 0 Å². The Hall–Kier alpha value is -2.11. The quantitative estimate of drug-likeness (QED) is 0.701. The van der Waals surface area contributed by atoms with Gasteiger partial charge in [-0.3, -0.25) is 4.79 Å². The predicted molar refractivity (Wildman–Crippen MR) is 51.8 cm³/mol. The zero-order chi connectivity index (χ0) is 11.3. The smallest absolute Gasteiger partial charge is 0.328 e. The summed E-state index contributed by atoms with van der Waals surface area (Å²) in [6.07, 6.45) is 2.28. The molecule has 0 saturated heterocycles. The lowest BCUT2D eigenvalue weighted by atomic mass is 10.5. The van der Waals surface area contributed by atoms with Gasteiger partial charge in [-0.1, -0.05) is 6.08 Å². The molecule has 0 bridgehead atoms. The van der Waals surface area contributed by atoms with Gasteiger partial charge in [0.1, 0.15) is 0 Å². The van der Waals surface area contributed by atoms with E-state index >= 15 is 0 Å². The minimum Gasteiger partial charge on any atom is -0.480 e. The summed E-state index contributed by atoms with van der Waals surface area (Å²) in [6.45, 7) is 0.0995. The summed E-state index contributed by atoms with van der Waals surface area (Å²) in [4.78, 5) is 21.4. The van der Waals surface area contributed by atoms with Gasteiger partial charge in [-0.05, 0) is 0 Å². The highest BCUT2D eigenvalue weighted by Crippen LogP contribution is 1.98. The second kappa shape index (κ2) is 4.94. The zero-order valence-corrected chi connectivity index (χ0v) is 8.08. The van der Waals surface area contributed by atoms with Crippen LogP contribution in [-0.2, 0) is 11.3 Å². The van der Waals surface area contributed by atoms with Crippen molar-refractivity contribution in [3.05, 3.63) is 34.6 Å². The third-order valence-corrected chi connectivity index (χ3v) is 1.59. The highest BCUT2D eigenvalue weighted by molar-refractivity contribution is 5.79. The first-order valence-corrected chi connectivity index (χ1v) is 4.15. The average molecular weight is 210 g/mol. The van der Waals surface area contributed by atoms with Gasteiger partial charge in [0.15, 0.2) is 0 Å². The maximum Gasteiger partial charge on any atom is 0.328 e. The molecule has 0 aliphatic rings. The maximum absolute atomic E-state index is 11.2. The van der Waals surface area contributed by atoms with Crippen LogP contribution in [0.15, 0.2) is 29.1 Å². The van der Waals surface area contributed by atoms with E-state index in [1.807, 2.05) is 0 Å². The molecule has 0 fully saturated rings. The van der Waals surface area contributed by atoms with Crippen LogP contribution >= 0.6 is 0 Å². The van der Waals surface area contributed by atoms with Crippen molar-refractivity contribution in [3.8, 4) is 5.88 Å². The highest BCUT2D eigenvalue weighted by Gasteiger charge is 1.98. The van der Waals surface area contributed by atoms with Crippen molar-refractivity contribution in [1.82, 2.24) is 9.78 Å². The molecule has 1 aromatic heterocycles. The van der Waals surface area contributed by atoms with Crippen molar-refractivity contribution in [1.29, 1.82) is 0 Å². The van der Waals surface area contributed by atoms with Crippen molar-refractivity contribution < 1.29 is 14.6 Å². The van der Waals surface area contributed by atoms with E-state index in [2.05, 4.69) is 5.10 Å². The summed E-state index contributed by atoms with van der Waals surface area (Å²) >= 11 is 0. The average Bonchev–Trinajstić information content (AvgIpc) is 2.20. The molecule has 6 heteroatoms. The van der Waals surface area contributed by atoms with E-state index in [0.717, 1.165) is 10.8 Å². The molecule has 6 nitrogen and oxygen atoms in total. The second-order valence-electron chi connectivity index (χ2n) is 2.64. The van der Waals surface area contributed by atoms with Crippen LogP contribution in [0.25, 0.3) is 0 Å². The molecule has 0 amide bonds. The largest absolute Gasteiger partial charge is 0.480 e. The molecule has 15 heavy (non-hydrogen) atoms. The van der Waals surface area contributed by atoms with Crippen LogP contribution in [0.4, 0.5) is 0 Å². The SMILES string of the molecule is COc1ccc(=O)n(C/C=C/C(=O)O)n1. The number of rotatable bonds is 4. The van der Waals surface area contributed by atoms with E-state index in [1.165, 1.54) is 25.3 Å². The number of aromatic nitrogens is 2. The lowest BCUT2D eigenvalue weighted by Crippen LogP contribution is -2.21. The number of methoxy groups -OCH3 is 1. The molecule has 0 atom stereocenters. The van der Waals surface area contributed by atoms with Crippen LogP contribution < -0.4 is 10.3 Å². The van der Waals surface area contributed by atoms with Crippen molar-refractivity contribution >= 4 is 5.97 Å². The van der Waals surface area contributed by atoms with Gasteiger partial charge >= 0.3 is 5.97 Å². The molecule has 0 spiro atoms. The van der Waals surface area contributed by atoms with Crippen LogP contribution in [0.1, 0.15) is 0 Å². The van der Waals surface area contributed by atoms with Gasteiger partial charge in [0.2, 0.25) is 5.88 Å². The number of hydrogen-bond donors (Lipinski definition) is 1. The normalized spacial score (nSPS) is 10.5. The van der Waals surface area contributed by atoms with Crippen LogP contribution in [-0.4, -0.2) is 28.0 Å². The second-order valence-corrected chi connectivity index (χ2v) is 2.64. The summed E-state index contributed by atoms with van der Waals surface area (Å²) in [5.74, 6) is -0.760. The lowest BCUT2D eigenvalue weighted by molar-refractivity contribution is -0.131. The van der Waals surface area contributed by atoms with Crippen molar-refractivity contribution in [2.75, 3.05) is 7.11 Å². The molecule has 80 valence electrons. The number of nitrogens with zero attached hydrogens (tertiary/aromatic N) is 2. The molecule has 1 heterocycles. The highest BCUT2D eigenvalue weighted by atomic mass is 16.5. The molecule has 0 aromatic carbocycles. The first-order chi connectivity index (χ1) is 7.13. The van der Waals surface area contributed by atoms with E-state index in [0.29, 0.717) is 5.88 Å². The standard InChI is InChI=1S/C9H10N2O4/c1-15-7-4-5-8(12)11(10-7)6-2-3-9(13)14/h2-5H,6H2,1H3,(H,13,14)/b3-2+. The molecule has 0 unspecified atom stereocenters. The summed E-state index contributed by atoms with van der Waals surface area (Å²) in [5.41, 5.74) is -0.314. The van der Waals surface area contributed by atoms with E-state index in [-0.39, 0.29) is 12.1 Å². The molecule has 0 radical (unpaired) electrons. The Kier molecular flexibility index (Phi) is 3.61. The van der Waals surface area contributed by atoms with Crippen molar-refractivity contribution in [2.45, 2.75) is 6.54 Å². The van der Waals surface area contributed by atoms with Gasteiger partial charge in [0.05, 0.1) is 13.7 Å². The molecular formula is C9H10N2O4. The first-order valence-electron chi connectivity index (χ1n) is 4.15. The van der Waals surface area contributed by atoms with Gasteiger partial charge in [-0.25, -0.2) is 9.48 Å². The summed E-state index contributed by atoms with van der Waals surface area (Å²) in [5, 5.41) is 12.2. The Morgan fingerprint density at radius 3 is 3.00 bits per heavy atom. The molecule has 1 rings (SSSR count). The van der Waals surface area contributed by atoms with E-state index in [9.17, 15) is 9.59 Å². The zero-order valence-electron chi connectivity index (χ0n) is 8.08. The topological polar surface area (TPSA) is 81.4 Å². The fourth-order valence-corrected chi connectivity index (χ4v) is 0.923. The van der Waals surface area contributed by atoms with Crippen molar-refractivity contribution in [3.63, 3.8) is 0 Å². The number of carboxylic acids is 1. The van der Waals surface area contributed by atoms with Gasteiger partial charge in [0, 0.05) is 18.2 Å². The van der Waals surface area contributed by atoms with E-state index < -0.39 is 5.97 Å². The monoisotopic (exact) mass is 210 g/mol. The number of carbonyl (C=O) groups is 1. The van der Waals surface area contributed by atoms with Gasteiger partial charge in [0.25, 0.3) is 5.56 Å². The molecule has 0 aliphatic carbocycles. The van der Waals surface area contributed by atoms with Gasteiger partial charge in [-0.15, -0.1) is 5.10 Å². The summed E-state index contributed by atoms with van der Waals surface area (Å²) in [7, 11) is 1.43. The Morgan fingerprint density at radius 1 is 1.67 bits per heavy atom. The van der Waals surface area contributed by atoms with E-state index in [1.54, 1.807) is 0 Å². The van der Waals surface area contributed by atoms with Crippen LogP contribution in [0, 0.1) is 0 Å². The Morgan fingerprint density at radius 2 is 2.40 bits per heavy atom. The summed E-state index contributed by atoms with van der Waals surface area (Å²) in [6, 6.07) is 2.75. The van der Waals surface area contributed by atoms with Crippen LogP contribution in [0.5, 0.6) is 5.88 Å². The minimum absolute atomic E-state index is 0.0995. The Labute approximate surface area is 85.4 Å². The molecule has 0 saturated carbocycles. The predicted octanol–water partition coefficient (Wildman–Crippen LogP) is -0.107. The van der Waals surface area contributed by atoms with Gasteiger partial charge < -0.3 is 9.84 Å². The Balaban J connectivity index is 2.84. The number of carboxylic acid groups (broad SMARTS) is 1. The fraction of sp³-hybridized carbons (Fsp3) is 0.222. The Bertz CT molecular complexity index is 436. The number of ether oxygens (including phenoxy) is 1. The third-order valence-electron chi connectivity index (χ3n) is 1.59. The fourth-order valence-electron chi connectivity index (χ4n) is 0.923. The first kappa shape index (κ1) is 11.0. The third kappa shape index (κ3) is 3.26.